The molecule has 2 aromatic carbocycles. The molecule has 0 amide bonds. The van der Waals surface area contributed by atoms with Crippen LogP contribution in [0.5, 0.6) is 5.75 Å². The fraction of sp³-hybridized carbons (Fsp3) is 0.240. The molecule has 0 spiro atoms. The van der Waals surface area contributed by atoms with E-state index in [0.29, 0.717) is 11.6 Å². The predicted octanol–water partition coefficient (Wildman–Crippen LogP) is 3.77. The normalized spacial score (nSPS) is 15.6. The fourth-order valence-corrected chi connectivity index (χ4v) is 3.91. The molecule has 11 nitrogen and oxygen atoms in total. The van der Waals surface area contributed by atoms with E-state index in [0.717, 1.165) is 31.3 Å². The Bertz CT molecular complexity index is 1440. The maximum atomic E-state index is 13.5. The van der Waals surface area contributed by atoms with E-state index in [1.54, 1.807) is 30.3 Å². The van der Waals surface area contributed by atoms with Gasteiger partial charge in [0.25, 0.3) is 5.69 Å². The number of alkyl halides is 4. The van der Waals surface area contributed by atoms with Crippen molar-refractivity contribution in [3.8, 4) is 11.8 Å². The van der Waals surface area contributed by atoms with Crippen LogP contribution in [0.2, 0.25) is 0 Å². The molecule has 2 N–H and O–H groups in total. The van der Waals surface area contributed by atoms with Crippen LogP contribution in [-0.2, 0) is 19.1 Å². The topological polar surface area (TPSA) is 158 Å². The van der Waals surface area contributed by atoms with Gasteiger partial charge in [-0.15, -0.1) is 0 Å². The van der Waals surface area contributed by atoms with Gasteiger partial charge in [0.2, 0.25) is 0 Å². The van der Waals surface area contributed by atoms with Crippen LogP contribution in [0.3, 0.4) is 0 Å². The summed E-state index contributed by atoms with van der Waals surface area (Å²) in [6.45, 7) is -1.84. The van der Waals surface area contributed by atoms with Crippen molar-refractivity contribution in [2.24, 2.45) is 5.73 Å². The lowest BCUT2D eigenvalue weighted by molar-refractivity contribution is -0.384. The number of benzene rings is 2. The van der Waals surface area contributed by atoms with Crippen molar-refractivity contribution in [1.82, 2.24) is 0 Å². The van der Waals surface area contributed by atoms with E-state index in [4.69, 9.17) is 19.9 Å². The van der Waals surface area contributed by atoms with Gasteiger partial charge in [-0.2, -0.15) is 14.0 Å². The quantitative estimate of drug-likeness (QED) is 0.206. The highest BCUT2D eigenvalue weighted by Gasteiger charge is 2.44. The Kier molecular flexibility index (Phi) is 8.62. The van der Waals surface area contributed by atoms with Crippen LogP contribution < -0.4 is 15.4 Å². The van der Waals surface area contributed by atoms with Crippen molar-refractivity contribution >= 4 is 23.3 Å². The van der Waals surface area contributed by atoms with Crippen LogP contribution in [-0.4, -0.2) is 50.0 Å². The average Bonchev–Trinajstić information content (AvgIpc) is 2.94. The first kappa shape index (κ1) is 29.4. The van der Waals surface area contributed by atoms with E-state index < -0.39 is 76.0 Å². The van der Waals surface area contributed by atoms with Crippen LogP contribution in [0, 0.1) is 21.4 Å². The van der Waals surface area contributed by atoms with Gasteiger partial charge in [0.05, 0.1) is 54.0 Å². The summed E-state index contributed by atoms with van der Waals surface area (Å²) < 4.78 is 66.7. The number of hydrogen-bond donors (Lipinski definition) is 1. The number of nitriles is 1. The fourth-order valence-electron chi connectivity index (χ4n) is 3.91. The maximum Gasteiger partial charge on any atom is 0.355 e. The number of nitrogens with two attached hydrogens (primary N) is 1. The zero-order valence-electron chi connectivity index (χ0n) is 20.8. The molecule has 1 unspecified atom stereocenters. The molecule has 1 atom stereocenters. The molecule has 0 fully saturated rings. The first-order valence-electron chi connectivity index (χ1n) is 11.1. The summed E-state index contributed by atoms with van der Waals surface area (Å²) in [6.07, 6.45) is -4.09. The molecule has 0 bridgehead atoms. The van der Waals surface area contributed by atoms with E-state index in [9.17, 15) is 42.5 Å². The largest absolute Gasteiger partial charge is 0.487 e. The molecule has 1 aliphatic rings. The summed E-state index contributed by atoms with van der Waals surface area (Å²) in [6, 6.07) is 12.2. The second-order valence-corrected chi connectivity index (χ2v) is 8.13. The molecule has 1 heterocycles. The standard InChI is InChI=1S/C25H20F4N4O7/c1-38-22(34)19-18(13-6-4-3-5-7-13)17(11-30)21(31)32(20(19)23(35)39-2)14-8-15(33(36)37)10-16(9-14)40-12-25(28,29)24(26)27/h3-10,18,24H,12,31H2,1-2H3. The monoisotopic (exact) mass is 564 g/mol. The molecule has 2 aromatic rings. The van der Waals surface area contributed by atoms with Crippen molar-refractivity contribution in [2.45, 2.75) is 18.3 Å². The lowest BCUT2D eigenvalue weighted by Crippen LogP contribution is -2.40. The number of methoxy groups -OCH3 is 2. The first-order valence-corrected chi connectivity index (χ1v) is 11.1. The van der Waals surface area contributed by atoms with Crippen LogP contribution in [0.1, 0.15) is 11.5 Å². The zero-order valence-corrected chi connectivity index (χ0v) is 20.8. The highest BCUT2D eigenvalue weighted by Crippen LogP contribution is 2.44. The van der Waals surface area contributed by atoms with E-state index >= 15 is 0 Å². The Morgan fingerprint density at radius 1 is 1.15 bits per heavy atom. The molecular formula is C25H20F4N4O7. The number of anilines is 1. The molecule has 210 valence electrons. The SMILES string of the molecule is COC(=O)C1=C(C(=O)OC)N(c2cc(OCC(F)(F)C(F)F)cc([N+](=O)[O-])c2)C(N)=C(C#N)C1c1ccccc1. The summed E-state index contributed by atoms with van der Waals surface area (Å²) in [4.78, 5) is 37.6. The smallest absolute Gasteiger partial charge is 0.355 e. The Morgan fingerprint density at radius 3 is 2.30 bits per heavy atom. The lowest BCUT2D eigenvalue weighted by Gasteiger charge is -2.35. The number of carbonyl (C=O) groups excluding carboxylic acids is 2. The number of non-ortho nitro benzene ring substituents is 1. The molecular weight excluding hydrogens is 544 g/mol. The van der Waals surface area contributed by atoms with Gasteiger partial charge in [-0.05, 0) is 5.56 Å². The zero-order chi connectivity index (χ0) is 29.8. The Morgan fingerprint density at radius 2 is 1.77 bits per heavy atom. The third kappa shape index (κ3) is 5.65. The minimum absolute atomic E-state index is 0.280. The van der Waals surface area contributed by atoms with Crippen LogP contribution >= 0.6 is 0 Å². The second-order valence-electron chi connectivity index (χ2n) is 8.13. The summed E-state index contributed by atoms with van der Waals surface area (Å²) in [5.74, 6) is -9.26. The van der Waals surface area contributed by atoms with Gasteiger partial charge < -0.3 is 19.9 Å². The first-order chi connectivity index (χ1) is 18.9. The predicted molar refractivity (Wildman–Crippen MR) is 129 cm³/mol. The third-order valence-corrected chi connectivity index (χ3v) is 5.71. The van der Waals surface area contributed by atoms with Gasteiger partial charge in [0, 0.05) is 12.1 Å². The highest BCUT2D eigenvalue weighted by atomic mass is 19.3. The number of allylic oxidation sites excluding steroid dienone is 1. The minimum Gasteiger partial charge on any atom is -0.487 e. The summed E-state index contributed by atoms with van der Waals surface area (Å²) in [5, 5.41) is 21.7. The van der Waals surface area contributed by atoms with Crippen LogP contribution in [0.15, 0.2) is 71.2 Å². The van der Waals surface area contributed by atoms with Crippen LogP contribution in [0.25, 0.3) is 0 Å². The molecule has 0 saturated heterocycles. The molecule has 3 rings (SSSR count). The second kappa shape index (κ2) is 11.7. The Balaban J connectivity index is 2.35. The summed E-state index contributed by atoms with van der Waals surface area (Å²) in [5.41, 5.74) is 4.13. The molecule has 0 aromatic heterocycles. The van der Waals surface area contributed by atoms with Crippen LogP contribution in [0.4, 0.5) is 28.9 Å². The van der Waals surface area contributed by atoms with Gasteiger partial charge in [0.15, 0.2) is 6.61 Å². The van der Waals surface area contributed by atoms with Crippen molar-refractivity contribution in [2.75, 3.05) is 25.7 Å². The maximum absolute atomic E-state index is 13.5. The van der Waals surface area contributed by atoms with Crippen molar-refractivity contribution < 1.29 is 46.3 Å². The molecule has 15 heteroatoms. The van der Waals surface area contributed by atoms with Gasteiger partial charge in [-0.3, -0.25) is 15.0 Å². The van der Waals surface area contributed by atoms with Gasteiger partial charge >= 0.3 is 24.3 Å². The van der Waals surface area contributed by atoms with Crippen molar-refractivity contribution in [3.05, 3.63) is 86.9 Å². The summed E-state index contributed by atoms with van der Waals surface area (Å²) in [7, 11) is 1.97. The molecule has 0 radical (unpaired) electrons. The number of nitrogens with zero attached hydrogens (tertiary/aromatic N) is 3. The molecule has 0 saturated carbocycles. The van der Waals surface area contributed by atoms with E-state index in [1.165, 1.54) is 0 Å². The number of ether oxygens (including phenoxy) is 3. The van der Waals surface area contributed by atoms with E-state index in [2.05, 4.69) is 0 Å². The van der Waals surface area contributed by atoms with E-state index in [1.807, 2.05) is 6.07 Å². The lowest BCUT2D eigenvalue weighted by atomic mass is 9.81. The number of nitro benzene ring substituents is 1. The van der Waals surface area contributed by atoms with Crippen molar-refractivity contribution in [3.63, 3.8) is 0 Å². The Hall–Kier alpha value is -5.13. The number of hydrogen-bond acceptors (Lipinski definition) is 10. The molecule has 1 aliphatic heterocycles. The molecule has 0 aliphatic carbocycles. The Labute approximate surface area is 223 Å². The molecule has 40 heavy (non-hydrogen) atoms. The number of rotatable bonds is 9. The van der Waals surface area contributed by atoms with E-state index in [-0.39, 0.29) is 5.57 Å². The number of carbonyl (C=O) groups is 2. The van der Waals surface area contributed by atoms with Gasteiger partial charge in [-0.1, -0.05) is 30.3 Å². The number of halogens is 4. The van der Waals surface area contributed by atoms with Gasteiger partial charge in [0.1, 0.15) is 17.3 Å². The number of nitro groups is 1. The minimum atomic E-state index is -4.60. The third-order valence-electron chi connectivity index (χ3n) is 5.71. The summed E-state index contributed by atoms with van der Waals surface area (Å²) >= 11 is 0. The van der Waals surface area contributed by atoms with Crippen molar-refractivity contribution in [1.29, 1.82) is 5.26 Å². The average molecular weight is 564 g/mol. The van der Waals surface area contributed by atoms with Gasteiger partial charge in [-0.25, -0.2) is 18.4 Å². The highest BCUT2D eigenvalue weighted by molar-refractivity contribution is 6.06. The number of esters is 2.